The van der Waals surface area contributed by atoms with Crippen molar-refractivity contribution >= 4 is 16.3 Å². The van der Waals surface area contributed by atoms with Crippen LogP contribution in [0.2, 0.25) is 0 Å². The van der Waals surface area contributed by atoms with Crippen molar-refractivity contribution in [2.75, 3.05) is 0 Å². The molecule has 0 saturated heterocycles. The van der Waals surface area contributed by atoms with E-state index in [2.05, 4.69) is 30.0 Å². The van der Waals surface area contributed by atoms with Crippen LogP contribution in [0, 0.1) is 24.1 Å². The number of aryl methyl sites for hydroxylation is 1. The van der Waals surface area contributed by atoms with Crippen molar-refractivity contribution < 1.29 is 4.39 Å². The Kier molecular flexibility index (Phi) is 3.22. The van der Waals surface area contributed by atoms with Gasteiger partial charge < -0.3 is 0 Å². The van der Waals surface area contributed by atoms with E-state index in [-0.39, 0.29) is 5.82 Å². The largest absolute Gasteiger partial charge is 0.216 e. The molecule has 6 heteroatoms. The molecule has 106 valence electrons. The van der Waals surface area contributed by atoms with E-state index in [0.29, 0.717) is 27.8 Å². The second kappa shape index (κ2) is 4.93. The monoisotopic (exact) mass is 300 g/mol. The van der Waals surface area contributed by atoms with Crippen LogP contribution < -0.4 is 0 Å². The van der Waals surface area contributed by atoms with Gasteiger partial charge in [-0.2, -0.15) is 14.9 Å². The first kappa shape index (κ1) is 13.7. The second-order valence-corrected chi connectivity index (χ2v) is 6.16. The molecular weight excluding hydrogens is 287 g/mol. The number of halogens is 1. The summed E-state index contributed by atoms with van der Waals surface area (Å²) in [5.41, 5.74) is 2.20. The third-order valence-electron chi connectivity index (χ3n) is 3.25. The summed E-state index contributed by atoms with van der Waals surface area (Å²) >= 11 is 1.47. The molecule has 3 rings (SSSR count). The molecule has 1 aromatic carbocycles. The zero-order valence-electron chi connectivity index (χ0n) is 11.9. The molecule has 3 aromatic rings. The molecule has 0 radical (unpaired) electrons. The van der Waals surface area contributed by atoms with Crippen molar-refractivity contribution in [2.45, 2.75) is 26.7 Å². The summed E-state index contributed by atoms with van der Waals surface area (Å²) < 4.78 is 15.0. The molecule has 0 aliphatic heterocycles. The molecule has 0 fully saturated rings. The SMILES string of the molecule is Cc1cc(-c2nc3sc(C(C)C)nn3c2C#N)ccc1F. The lowest BCUT2D eigenvalue weighted by molar-refractivity contribution is 0.619. The van der Waals surface area contributed by atoms with Crippen LogP contribution in [0.5, 0.6) is 0 Å². The van der Waals surface area contributed by atoms with Gasteiger partial charge in [0.1, 0.15) is 22.6 Å². The van der Waals surface area contributed by atoms with Crippen LogP contribution in [0.4, 0.5) is 4.39 Å². The number of nitrogens with zero attached hydrogens (tertiary/aromatic N) is 4. The lowest BCUT2D eigenvalue weighted by atomic mass is 10.1. The highest BCUT2D eigenvalue weighted by atomic mass is 32.1. The summed E-state index contributed by atoms with van der Waals surface area (Å²) in [5.74, 6) is 0.0262. The Hall–Kier alpha value is -2.26. The normalized spacial score (nSPS) is 11.2. The van der Waals surface area contributed by atoms with Crippen LogP contribution in [-0.4, -0.2) is 14.6 Å². The molecule has 2 aromatic heterocycles. The molecule has 0 spiro atoms. The summed E-state index contributed by atoms with van der Waals surface area (Å²) in [4.78, 5) is 5.19. The van der Waals surface area contributed by atoms with E-state index < -0.39 is 0 Å². The lowest BCUT2D eigenvalue weighted by Gasteiger charge is -2.01. The minimum absolute atomic E-state index is 0.265. The second-order valence-electron chi connectivity index (χ2n) is 5.17. The highest BCUT2D eigenvalue weighted by Crippen LogP contribution is 2.29. The van der Waals surface area contributed by atoms with Crippen LogP contribution in [0.1, 0.15) is 36.0 Å². The maximum atomic E-state index is 13.4. The molecular formula is C15H13FN4S. The minimum Gasteiger partial charge on any atom is -0.216 e. The van der Waals surface area contributed by atoms with E-state index in [1.54, 1.807) is 23.6 Å². The molecule has 0 saturated carbocycles. The van der Waals surface area contributed by atoms with Gasteiger partial charge in [0.25, 0.3) is 0 Å². The molecule has 0 unspecified atom stereocenters. The van der Waals surface area contributed by atoms with E-state index in [1.807, 2.05) is 0 Å². The van der Waals surface area contributed by atoms with Crippen LogP contribution in [-0.2, 0) is 0 Å². The van der Waals surface area contributed by atoms with Gasteiger partial charge in [-0.3, -0.25) is 0 Å². The predicted octanol–water partition coefficient (Wildman–Crippen LogP) is 3.90. The summed E-state index contributed by atoms with van der Waals surface area (Å²) in [6.07, 6.45) is 0. The number of imidazole rings is 1. The van der Waals surface area contributed by atoms with Gasteiger partial charge in [0, 0.05) is 11.5 Å². The summed E-state index contributed by atoms with van der Waals surface area (Å²) in [6.45, 7) is 5.79. The highest BCUT2D eigenvalue weighted by molar-refractivity contribution is 7.16. The van der Waals surface area contributed by atoms with Gasteiger partial charge in [-0.25, -0.2) is 9.37 Å². The number of rotatable bonds is 2. The third kappa shape index (κ3) is 2.20. The van der Waals surface area contributed by atoms with Crippen molar-refractivity contribution in [3.05, 3.63) is 40.3 Å². The van der Waals surface area contributed by atoms with Gasteiger partial charge in [0.2, 0.25) is 4.96 Å². The van der Waals surface area contributed by atoms with E-state index in [4.69, 9.17) is 0 Å². The fourth-order valence-electron chi connectivity index (χ4n) is 2.09. The lowest BCUT2D eigenvalue weighted by Crippen LogP contribution is -1.94. The maximum Gasteiger partial charge on any atom is 0.214 e. The van der Waals surface area contributed by atoms with E-state index in [9.17, 15) is 9.65 Å². The quantitative estimate of drug-likeness (QED) is 0.721. The van der Waals surface area contributed by atoms with Gasteiger partial charge in [-0.05, 0) is 30.7 Å². The standard InChI is InChI=1S/C15H13FN4S/c1-8(2)14-19-20-12(7-17)13(18-15(20)21-14)10-4-5-11(16)9(3)6-10/h4-6,8H,1-3H3. The van der Waals surface area contributed by atoms with Crippen LogP contribution in [0.15, 0.2) is 18.2 Å². The van der Waals surface area contributed by atoms with E-state index >= 15 is 0 Å². The van der Waals surface area contributed by atoms with Gasteiger partial charge in [-0.1, -0.05) is 25.2 Å². The topological polar surface area (TPSA) is 54.0 Å². The molecule has 0 atom stereocenters. The average molecular weight is 300 g/mol. The van der Waals surface area contributed by atoms with Crippen LogP contribution in [0.25, 0.3) is 16.2 Å². The molecule has 0 bridgehead atoms. The summed E-state index contributed by atoms with van der Waals surface area (Å²) in [7, 11) is 0. The predicted molar refractivity (Wildman–Crippen MR) is 79.8 cm³/mol. The Morgan fingerprint density at radius 1 is 1.38 bits per heavy atom. The van der Waals surface area contributed by atoms with Crippen LogP contribution in [0.3, 0.4) is 0 Å². The zero-order valence-corrected chi connectivity index (χ0v) is 12.7. The average Bonchev–Trinajstić information content (AvgIpc) is 2.98. The molecule has 4 nitrogen and oxygen atoms in total. The zero-order chi connectivity index (χ0) is 15.1. The Balaban J connectivity index is 2.21. The molecule has 2 heterocycles. The van der Waals surface area contributed by atoms with Crippen LogP contribution >= 0.6 is 11.3 Å². The molecule has 0 aliphatic carbocycles. The van der Waals surface area contributed by atoms with Crippen molar-refractivity contribution in [3.63, 3.8) is 0 Å². The van der Waals surface area contributed by atoms with Crippen molar-refractivity contribution in [3.8, 4) is 17.3 Å². The Labute approximate surface area is 125 Å². The highest BCUT2D eigenvalue weighted by Gasteiger charge is 2.19. The fraction of sp³-hybridized carbons (Fsp3) is 0.267. The summed E-state index contributed by atoms with van der Waals surface area (Å²) in [5, 5.41) is 14.8. The number of hydrogen-bond donors (Lipinski definition) is 0. The number of fused-ring (bicyclic) bond motifs is 1. The Bertz CT molecular complexity index is 870. The Morgan fingerprint density at radius 2 is 2.14 bits per heavy atom. The Morgan fingerprint density at radius 3 is 2.76 bits per heavy atom. The third-order valence-corrected chi connectivity index (χ3v) is 4.46. The molecule has 0 aliphatic rings. The molecule has 0 N–H and O–H groups in total. The van der Waals surface area contributed by atoms with E-state index in [1.165, 1.54) is 17.4 Å². The molecule has 21 heavy (non-hydrogen) atoms. The van der Waals surface area contributed by atoms with E-state index in [0.717, 1.165) is 10.6 Å². The first-order chi connectivity index (χ1) is 10.0. The number of nitriles is 1. The van der Waals surface area contributed by atoms with Crippen molar-refractivity contribution in [1.29, 1.82) is 5.26 Å². The van der Waals surface area contributed by atoms with Gasteiger partial charge in [0.15, 0.2) is 5.69 Å². The number of aromatic nitrogens is 3. The maximum absolute atomic E-state index is 13.4. The first-order valence-electron chi connectivity index (χ1n) is 6.57. The molecule has 0 amide bonds. The van der Waals surface area contributed by atoms with Crippen molar-refractivity contribution in [1.82, 2.24) is 14.6 Å². The minimum atomic E-state index is -0.265. The van der Waals surface area contributed by atoms with Crippen molar-refractivity contribution in [2.24, 2.45) is 0 Å². The fourth-order valence-corrected chi connectivity index (χ4v) is 2.99. The van der Waals surface area contributed by atoms with Gasteiger partial charge >= 0.3 is 0 Å². The number of hydrogen-bond acceptors (Lipinski definition) is 4. The number of benzene rings is 1. The summed E-state index contributed by atoms with van der Waals surface area (Å²) in [6, 6.07) is 6.89. The van der Waals surface area contributed by atoms with Gasteiger partial charge in [-0.15, -0.1) is 0 Å². The van der Waals surface area contributed by atoms with Gasteiger partial charge in [0.05, 0.1) is 0 Å². The smallest absolute Gasteiger partial charge is 0.214 e. The first-order valence-corrected chi connectivity index (χ1v) is 7.39.